The van der Waals surface area contributed by atoms with E-state index >= 15 is 0 Å². The van der Waals surface area contributed by atoms with Crippen LogP contribution >= 0.6 is 0 Å². The lowest BCUT2D eigenvalue weighted by molar-refractivity contribution is 0.182. The summed E-state index contributed by atoms with van der Waals surface area (Å²) in [6.07, 6.45) is 2.86. The second kappa shape index (κ2) is 5.04. The highest BCUT2D eigenvalue weighted by atomic mass is 15.3. The van der Waals surface area contributed by atoms with E-state index in [0.717, 1.165) is 44.1 Å². The first kappa shape index (κ1) is 11.6. The minimum absolute atomic E-state index is 0.504. The molecule has 1 aliphatic heterocycles. The van der Waals surface area contributed by atoms with Crippen LogP contribution < -0.4 is 5.32 Å². The first-order valence-corrected chi connectivity index (χ1v) is 6.58. The van der Waals surface area contributed by atoms with Gasteiger partial charge in [-0.25, -0.2) is 9.50 Å². The molecule has 1 unspecified atom stereocenters. The summed E-state index contributed by atoms with van der Waals surface area (Å²) in [5.41, 5.74) is 0.931. The second-order valence-electron chi connectivity index (χ2n) is 4.87. The van der Waals surface area contributed by atoms with Crippen molar-refractivity contribution in [3.05, 3.63) is 30.2 Å². The van der Waals surface area contributed by atoms with Crippen LogP contribution in [0.3, 0.4) is 0 Å². The maximum Gasteiger partial charge on any atom is 0.155 e. The Balaban J connectivity index is 1.71. The fourth-order valence-electron chi connectivity index (χ4n) is 2.48. The molecule has 1 atom stereocenters. The molecule has 0 radical (unpaired) electrons. The van der Waals surface area contributed by atoms with Crippen molar-refractivity contribution in [1.82, 2.24) is 24.8 Å². The maximum atomic E-state index is 4.56. The Morgan fingerprint density at radius 3 is 2.94 bits per heavy atom. The molecule has 5 nitrogen and oxygen atoms in total. The van der Waals surface area contributed by atoms with E-state index in [1.165, 1.54) is 0 Å². The zero-order chi connectivity index (χ0) is 12.4. The molecule has 5 heteroatoms. The Bertz CT molecular complexity index is 482. The Hall–Kier alpha value is -1.46. The van der Waals surface area contributed by atoms with Crippen molar-refractivity contribution in [2.75, 3.05) is 26.2 Å². The average Bonchev–Trinajstić information content (AvgIpc) is 2.82. The maximum absolute atomic E-state index is 4.56. The molecule has 3 rings (SSSR count). The number of piperazine rings is 1. The van der Waals surface area contributed by atoms with Gasteiger partial charge in [0.15, 0.2) is 11.5 Å². The molecule has 1 fully saturated rings. The van der Waals surface area contributed by atoms with Crippen molar-refractivity contribution in [3.8, 4) is 0 Å². The van der Waals surface area contributed by atoms with Crippen LogP contribution in [0.5, 0.6) is 0 Å². The van der Waals surface area contributed by atoms with E-state index in [1.807, 2.05) is 28.9 Å². The van der Waals surface area contributed by atoms with Gasteiger partial charge in [-0.2, -0.15) is 5.10 Å². The van der Waals surface area contributed by atoms with Gasteiger partial charge in [-0.15, -0.1) is 0 Å². The van der Waals surface area contributed by atoms with Crippen molar-refractivity contribution in [2.45, 2.75) is 19.4 Å². The Morgan fingerprint density at radius 2 is 2.17 bits per heavy atom. The topological polar surface area (TPSA) is 45.5 Å². The molecule has 1 N–H and O–H groups in total. The van der Waals surface area contributed by atoms with Crippen molar-refractivity contribution in [1.29, 1.82) is 0 Å². The standard InChI is InChI=1S/C13H19N5/c1-11(17-8-5-14-6-9-17)10-12-15-13-4-2-3-7-18(13)16-12/h2-4,7,11,14H,5-6,8-10H2,1H3. The summed E-state index contributed by atoms with van der Waals surface area (Å²) in [6, 6.07) is 6.47. The molecule has 0 amide bonds. The summed E-state index contributed by atoms with van der Waals surface area (Å²) in [4.78, 5) is 7.06. The van der Waals surface area contributed by atoms with Gasteiger partial charge in [0, 0.05) is 44.8 Å². The Labute approximate surface area is 107 Å². The van der Waals surface area contributed by atoms with Gasteiger partial charge in [0.2, 0.25) is 0 Å². The number of hydrogen-bond donors (Lipinski definition) is 1. The molecule has 3 heterocycles. The summed E-state index contributed by atoms with van der Waals surface area (Å²) in [6.45, 7) is 6.67. The van der Waals surface area contributed by atoms with Crippen LogP contribution in [0.25, 0.3) is 5.65 Å². The van der Waals surface area contributed by atoms with Crippen LogP contribution in [0, 0.1) is 0 Å². The molecule has 2 aromatic heterocycles. The summed E-state index contributed by atoms with van der Waals surface area (Å²) in [5, 5.41) is 7.89. The molecule has 2 aromatic rings. The highest BCUT2D eigenvalue weighted by Gasteiger charge is 2.18. The molecular weight excluding hydrogens is 226 g/mol. The lowest BCUT2D eigenvalue weighted by Crippen LogP contribution is -2.48. The van der Waals surface area contributed by atoms with E-state index < -0.39 is 0 Å². The number of hydrogen-bond acceptors (Lipinski definition) is 4. The number of fused-ring (bicyclic) bond motifs is 1. The quantitative estimate of drug-likeness (QED) is 0.858. The molecule has 0 bridgehead atoms. The zero-order valence-corrected chi connectivity index (χ0v) is 10.7. The van der Waals surface area contributed by atoms with E-state index in [-0.39, 0.29) is 0 Å². The molecule has 18 heavy (non-hydrogen) atoms. The molecule has 0 aromatic carbocycles. The van der Waals surface area contributed by atoms with Crippen LogP contribution in [0.4, 0.5) is 0 Å². The first-order valence-electron chi connectivity index (χ1n) is 6.58. The lowest BCUT2D eigenvalue weighted by atomic mass is 10.2. The van der Waals surface area contributed by atoms with Gasteiger partial charge < -0.3 is 5.32 Å². The van der Waals surface area contributed by atoms with Crippen LogP contribution in [-0.2, 0) is 6.42 Å². The van der Waals surface area contributed by atoms with E-state index in [0.29, 0.717) is 6.04 Å². The summed E-state index contributed by atoms with van der Waals surface area (Å²) >= 11 is 0. The van der Waals surface area contributed by atoms with E-state index in [9.17, 15) is 0 Å². The van der Waals surface area contributed by atoms with Crippen LogP contribution in [0.2, 0.25) is 0 Å². The van der Waals surface area contributed by atoms with Crippen molar-refractivity contribution in [2.24, 2.45) is 0 Å². The molecule has 0 aliphatic carbocycles. The van der Waals surface area contributed by atoms with Crippen molar-refractivity contribution < 1.29 is 0 Å². The van der Waals surface area contributed by atoms with Crippen LogP contribution in [-0.4, -0.2) is 51.7 Å². The number of rotatable bonds is 3. The van der Waals surface area contributed by atoms with Gasteiger partial charge in [-0.1, -0.05) is 6.07 Å². The van der Waals surface area contributed by atoms with Crippen LogP contribution in [0.15, 0.2) is 24.4 Å². The highest BCUT2D eigenvalue weighted by molar-refractivity contribution is 5.36. The molecular formula is C13H19N5. The fourth-order valence-corrected chi connectivity index (χ4v) is 2.48. The van der Waals surface area contributed by atoms with Gasteiger partial charge in [0.05, 0.1) is 0 Å². The summed E-state index contributed by atoms with van der Waals surface area (Å²) in [7, 11) is 0. The zero-order valence-electron chi connectivity index (χ0n) is 10.7. The van der Waals surface area contributed by atoms with Gasteiger partial charge in [-0.05, 0) is 19.1 Å². The fraction of sp³-hybridized carbons (Fsp3) is 0.538. The lowest BCUT2D eigenvalue weighted by Gasteiger charge is -2.32. The summed E-state index contributed by atoms with van der Waals surface area (Å²) < 4.78 is 1.85. The minimum Gasteiger partial charge on any atom is -0.314 e. The molecule has 0 saturated carbocycles. The van der Waals surface area contributed by atoms with Crippen molar-refractivity contribution >= 4 is 5.65 Å². The van der Waals surface area contributed by atoms with Gasteiger partial charge in [-0.3, -0.25) is 4.90 Å². The van der Waals surface area contributed by atoms with Crippen LogP contribution in [0.1, 0.15) is 12.7 Å². The SMILES string of the molecule is CC(Cc1nc2ccccn2n1)N1CCNCC1. The van der Waals surface area contributed by atoms with Gasteiger partial charge >= 0.3 is 0 Å². The average molecular weight is 245 g/mol. The third-order valence-electron chi connectivity index (χ3n) is 3.54. The van der Waals surface area contributed by atoms with Gasteiger partial charge in [0.1, 0.15) is 0 Å². The Morgan fingerprint density at radius 1 is 1.33 bits per heavy atom. The molecule has 96 valence electrons. The largest absolute Gasteiger partial charge is 0.314 e. The second-order valence-corrected chi connectivity index (χ2v) is 4.87. The highest BCUT2D eigenvalue weighted by Crippen LogP contribution is 2.08. The van der Waals surface area contributed by atoms with E-state index in [2.05, 4.69) is 27.2 Å². The summed E-state index contributed by atoms with van der Waals surface area (Å²) in [5.74, 6) is 0.937. The predicted octanol–water partition coefficient (Wildman–Crippen LogP) is 0.565. The number of nitrogens with zero attached hydrogens (tertiary/aromatic N) is 4. The molecule has 1 saturated heterocycles. The monoisotopic (exact) mass is 245 g/mol. The third-order valence-corrected chi connectivity index (χ3v) is 3.54. The van der Waals surface area contributed by atoms with Crippen molar-refractivity contribution in [3.63, 3.8) is 0 Å². The normalized spacial score (nSPS) is 19.2. The minimum atomic E-state index is 0.504. The molecule has 0 spiro atoms. The first-order chi connectivity index (χ1) is 8.83. The smallest absolute Gasteiger partial charge is 0.155 e. The number of pyridine rings is 1. The van der Waals surface area contributed by atoms with E-state index in [4.69, 9.17) is 0 Å². The van der Waals surface area contributed by atoms with E-state index in [1.54, 1.807) is 0 Å². The van der Waals surface area contributed by atoms with Gasteiger partial charge in [0.25, 0.3) is 0 Å². The third kappa shape index (κ3) is 2.37. The molecule has 1 aliphatic rings. The number of aromatic nitrogens is 3. The number of nitrogens with one attached hydrogen (secondary N) is 1. The Kier molecular flexibility index (Phi) is 3.25. The predicted molar refractivity (Wildman–Crippen MR) is 70.6 cm³/mol.